The lowest BCUT2D eigenvalue weighted by atomic mass is 10.2. The van der Waals surface area contributed by atoms with E-state index in [4.69, 9.17) is 0 Å². The van der Waals surface area contributed by atoms with Gasteiger partial charge < -0.3 is 0 Å². The molecule has 1 fully saturated rings. The number of nitrogens with zero attached hydrogens (tertiary/aromatic N) is 1. The second-order valence-corrected chi connectivity index (χ2v) is 3.68. The van der Waals surface area contributed by atoms with E-state index >= 15 is 0 Å². The number of rotatable bonds is 1. The first-order chi connectivity index (χ1) is 6.75. The third kappa shape index (κ3) is 1.90. The number of carbonyl (C=O) groups is 1. The lowest BCUT2D eigenvalue weighted by Crippen LogP contribution is -1.91. The predicted octanol–water partition coefficient (Wildman–Crippen LogP) is 2.82. The molecule has 1 aromatic rings. The highest BCUT2D eigenvalue weighted by Crippen LogP contribution is 2.21. The number of Topliss-reactive ketones (excluding diaryl/α,β-unsaturated/α-hetero) is 1. The van der Waals surface area contributed by atoms with Gasteiger partial charge in [-0.15, -0.1) is 0 Å². The summed E-state index contributed by atoms with van der Waals surface area (Å²) in [4.78, 5) is 15.6. The third-order valence-electron chi connectivity index (χ3n) is 2.49. The molecule has 2 nitrogen and oxygen atoms in total. The van der Waals surface area contributed by atoms with Crippen LogP contribution in [-0.4, -0.2) is 11.5 Å². The van der Waals surface area contributed by atoms with Gasteiger partial charge in [0.2, 0.25) is 0 Å². The van der Waals surface area contributed by atoms with Crippen LogP contribution in [0.3, 0.4) is 0 Å². The highest BCUT2D eigenvalue weighted by atomic mass is 16.1. The average molecular weight is 187 g/mol. The quantitative estimate of drug-likeness (QED) is 0.664. The molecule has 0 spiro atoms. The van der Waals surface area contributed by atoms with Gasteiger partial charge in [0.1, 0.15) is 5.78 Å². The zero-order valence-corrected chi connectivity index (χ0v) is 8.29. The summed E-state index contributed by atoms with van der Waals surface area (Å²) in [6.45, 7) is 2.04. The zero-order chi connectivity index (χ0) is 9.97. The van der Waals surface area contributed by atoms with Crippen LogP contribution in [0.4, 0.5) is 5.69 Å². The summed E-state index contributed by atoms with van der Waals surface area (Å²) >= 11 is 0. The molecule has 0 amide bonds. The maximum atomic E-state index is 11.0. The van der Waals surface area contributed by atoms with Crippen molar-refractivity contribution in [2.24, 2.45) is 4.99 Å². The Hall–Kier alpha value is -1.44. The van der Waals surface area contributed by atoms with Gasteiger partial charge in [-0.2, -0.15) is 0 Å². The first kappa shape index (κ1) is 9.13. The van der Waals surface area contributed by atoms with Gasteiger partial charge in [0.15, 0.2) is 0 Å². The molecule has 1 aliphatic rings. The molecule has 0 radical (unpaired) electrons. The molecule has 1 aromatic carbocycles. The fraction of sp³-hybridized carbons (Fsp3) is 0.333. The summed E-state index contributed by atoms with van der Waals surface area (Å²) in [6, 6.07) is 8.00. The Bertz CT molecular complexity index is 393. The molecule has 2 rings (SSSR count). The van der Waals surface area contributed by atoms with Gasteiger partial charge in [0.25, 0.3) is 0 Å². The van der Waals surface area contributed by atoms with E-state index in [1.165, 1.54) is 5.56 Å². The minimum Gasteiger partial charge on any atom is -0.299 e. The molecule has 0 N–H and O–H groups in total. The number of ketones is 1. The Morgan fingerprint density at radius 2 is 2.00 bits per heavy atom. The van der Waals surface area contributed by atoms with Crippen molar-refractivity contribution in [1.82, 2.24) is 0 Å². The van der Waals surface area contributed by atoms with Gasteiger partial charge >= 0.3 is 0 Å². The van der Waals surface area contributed by atoms with Crippen molar-refractivity contribution < 1.29 is 4.79 Å². The summed E-state index contributed by atoms with van der Waals surface area (Å²) in [5, 5.41) is 0. The van der Waals surface area contributed by atoms with Crippen LogP contribution in [0, 0.1) is 6.92 Å². The van der Waals surface area contributed by atoms with Gasteiger partial charge in [-0.25, -0.2) is 0 Å². The first-order valence-electron chi connectivity index (χ1n) is 4.89. The van der Waals surface area contributed by atoms with Crippen molar-refractivity contribution in [3.05, 3.63) is 29.8 Å². The molecule has 0 atom stereocenters. The SMILES string of the molecule is Cc1ccccc1N=C1CCC(=O)C1. The minimum atomic E-state index is 0.317. The molecule has 72 valence electrons. The van der Waals surface area contributed by atoms with Crippen LogP contribution in [0.5, 0.6) is 0 Å². The molecule has 0 unspecified atom stereocenters. The number of aryl methyl sites for hydroxylation is 1. The highest BCUT2D eigenvalue weighted by Gasteiger charge is 2.16. The summed E-state index contributed by atoms with van der Waals surface area (Å²) in [5.41, 5.74) is 3.20. The Morgan fingerprint density at radius 1 is 1.21 bits per heavy atom. The lowest BCUT2D eigenvalue weighted by Gasteiger charge is -1.99. The van der Waals surface area contributed by atoms with Crippen molar-refractivity contribution in [3.63, 3.8) is 0 Å². The average Bonchev–Trinajstić information content (AvgIpc) is 2.56. The number of hydrogen-bond acceptors (Lipinski definition) is 2. The number of carbonyl (C=O) groups excluding carboxylic acids is 1. The second kappa shape index (κ2) is 3.74. The van der Waals surface area contributed by atoms with Crippen LogP contribution in [0.15, 0.2) is 29.3 Å². The smallest absolute Gasteiger partial charge is 0.138 e. The fourth-order valence-corrected chi connectivity index (χ4v) is 1.64. The van der Waals surface area contributed by atoms with Crippen LogP contribution in [-0.2, 0) is 4.79 Å². The van der Waals surface area contributed by atoms with Crippen LogP contribution in [0.2, 0.25) is 0 Å². The number of aliphatic imine (C=N–C) groups is 1. The summed E-state index contributed by atoms with van der Waals surface area (Å²) < 4.78 is 0. The summed E-state index contributed by atoms with van der Waals surface area (Å²) in [5.74, 6) is 0.317. The second-order valence-electron chi connectivity index (χ2n) is 3.68. The van der Waals surface area contributed by atoms with Crippen LogP contribution >= 0.6 is 0 Å². The molecule has 0 aromatic heterocycles. The molecular formula is C12H13NO. The number of para-hydroxylation sites is 1. The monoisotopic (exact) mass is 187 g/mol. The van der Waals surface area contributed by atoms with Gasteiger partial charge in [-0.1, -0.05) is 18.2 Å². The summed E-state index contributed by atoms with van der Waals surface area (Å²) in [7, 11) is 0. The topological polar surface area (TPSA) is 29.4 Å². The molecule has 1 aliphatic carbocycles. The van der Waals surface area contributed by atoms with E-state index in [-0.39, 0.29) is 0 Å². The van der Waals surface area contributed by atoms with Gasteiger partial charge in [0.05, 0.1) is 5.69 Å². The van der Waals surface area contributed by atoms with Crippen LogP contribution in [0.25, 0.3) is 0 Å². The largest absolute Gasteiger partial charge is 0.299 e. The van der Waals surface area contributed by atoms with Crippen LogP contribution in [0.1, 0.15) is 24.8 Å². The van der Waals surface area contributed by atoms with Crippen molar-refractivity contribution in [2.45, 2.75) is 26.2 Å². The molecule has 2 heteroatoms. The maximum Gasteiger partial charge on any atom is 0.138 e. The van der Waals surface area contributed by atoms with E-state index in [2.05, 4.69) is 4.99 Å². The zero-order valence-electron chi connectivity index (χ0n) is 8.29. The number of hydrogen-bond donors (Lipinski definition) is 0. The Morgan fingerprint density at radius 3 is 2.64 bits per heavy atom. The molecular weight excluding hydrogens is 174 g/mol. The standard InChI is InChI=1S/C12H13NO/c1-9-4-2-3-5-12(9)13-10-6-7-11(14)8-10/h2-5H,6-8H2,1H3. The van der Waals surface area contributed by atoms with Crippen molar-refractivity contribution in [1.29, 1.82) is 0 Å². The molecule has 0 saturated heterocycles. The highest BCUT2D eigenvalue weighted by molar-refractivity contribution is 6.09. The van der Waals surface area contributed by atoms with E-state index < -0.39 is 0 Å². The van der Waals surface area contributed by atoms with E-state index in [0.29, 0.717) is 18.6 Å². The van der Waals surface area contributed by atoms with Crippen molar-refractivity contribution >= 4 is 17.2 Å². The van der Waals surface area contributed by atoms with Gasteiger partial charge in [-0.3, -0.25) is 9.79 Å². The molecule has 0 aliphatic heterocycles. The normalized spacial score (nSPS) is 19.2. The van der Waals surface area contributed by atoms with E-state index in [0.717, 1.165) is 17.8 Å². The molecule has 0 bridgehead atoms. The lowest BCUT2D eigenvalue weighted by molar-refractivity contribution is -0.116. The molecule has 14 heavy (non-hydrogen) atoms. The maximum absolute atomic E-state index is 11.0. The Balaban J connectivity index is 2.25. The summed E-state index contributed by atoms with van der Waals surface area (Å²) in [6.07, 6.45) is 2.06. The van der Waals surface area contributed by atoms with E-state index in [1.807, 2.05) is 31.2 Å². The Kier molecular flexibility index (Phi) is 2.44. The van der Waals surface area contributed by atoms with E-state index in [9.17, 15) is 4.79 Å². The number of benzene rings is 1. The van der Waals surface area contributed by atoms with Crippen molar-refractivity contribution in [2.75, 3.05) is 0 Å². The van der Waals surface area contributed by atoms with Crippen LogP contribution < -0.4 is 0 Å². The molecule has 0 heterocycles. The van der Waals surface area contributed by atoms with Gasteiger partial charge in [0, 0.05) is 18.6 Å². The fourth-order valence-electron chi connectivity index (χ4n) is 1.64. The van der Waals surface area contributed by atoms with E-state index in [1.54, 1.807) is 0 Å². The predicted molar refractivity (Wildman–Crippen MR) is 57.1 cm³/mol. The Labute approximate surface area is 83.7 Å². The van der Waals surface area contributed by atoms with Crippen molar-refractivity contribution in [3.8, 4) is 0 Å². The first-order valence-corrected chi connectivity index (χ1v) is 4.89. The third-order valence-corrected chi connectivity index (χ3v) is 2.49. The minimum absolute atomic E-state index is 0.317. The van der Waals surface area contributed by atoms with Gasteiger partial charge in [-0.05, 0) is 25.0 Å². The molecule has 1 saturated carbocycles.